The monoisotopic (exact) mass is 246 g/mol. The van der Waals surface area contributed by atoms with Crippen LogP contribution in [0.1, 0.15) is 42.5 Å². The first-order chi connectivity index (χ1) is 8.63. The summed E-state index contributed by atoms with van der Waals surface area (Å²) in [5.74, 6) is 0. The third-order valence-electron chi connectivity index (χ3n) is 3.60. The van der Waals surface area contributed by atoms with Crippen LogP contribution in [0.3, 0.4) is 0 Å². The maximum atomic E-state index is 3.49. The van der Waals surface area contributed by atoms with E-state index in [9.17, 15) is 0 Å². The fourth-order valence-electron chi connectivity index (χ4n) is 2.17. The van der Waals surface area contributed by atoms with Gasteiger partial charge in [-0.3, -0.25) is 0 Å². The second-order valence-corrected chi connectivity index (χ2v) is 4.65. The lowest BCUT2D eigenvalue weighted by molar-refractivity contribution is 0.755. The van der Waals surface area contributed by atoms with Gasteiger partial charge in [0.2, 0.25) is 0 Å². The van der Waals surface area contributed by atoms with Crippen LogP contribution < -0.4 is 10.6 Å². The van der Waals surface area contributed by atoms with Gasteiger partial charge in [-0.2, -0.15) is 0 Å². The summed E-state index contributed by atoms with van der Waals surface area (Å²) in [6.07, 6.45) is 4.16. The van der Waals surface area contributed by atoms with Gasteiger partial charge < -0.3 is 10.6 Å². The Hall–Kier alpha value is -1.44. The minimum atomic E-state index is 0.901. The topological polar surface area (TPSA) is 24.1 Å². The van der Waals surface area contributed by atoms with Gasteiger partial charge in [0.05, 0.1) is 0 Å². The molecule has 0 aliphatic heterocycles. The van der Waals surface area contributed by atoms with Crippen molar-refractivity contribution in [1.29, 1.82) is 0 Å². The van der Waals surface area contributed by atoms with Gasteiger partial charge >= 0.3 is 0 Å². The average molecular weight is 246 g/mol. The Bertz CT molecular complexity index is 419. The van der Waals surface area contributed by atoms with E-state index < -0.39 is 0 Å². The third-order valence-corrected chi connectivity index (χ3v) is 3.60. The van der Waals surface area contributed by atoms with Crippen LogP contribution in [-0.4, -0.2) is 7.05 Å². The van der Waals surface area contributed by atoms with Gasteiger partial charge in [-0.05, 0) is 48.9 Å². The van der Waals surface area contributed by atoms with Crippen molar-refractivity contribution in [3.8, 4) is 0 Å². The van der Waals surface area contributed by atoms with Gasteiger partial charge in [-0.25, -0.2) is 0 Å². The zero-order valence-electron chi connectivity index (χ0n) is 12.4. The van der Waals surface area contributed by atoms with Crippen LogP contribution in [0.5, 0.6) is 0 Å². The van der Waals surface area contributed by atoms with E-state index in [0.717, 1.165) is 19.4 Å². The van der Waals surface area contributed by atoms with Crippen LogP contribution in [0.15, 0.2) is 24.0 Å². The Labute approximate surface area is 111 Å². The summed E-state index contributed by atoms with van der Waals surface area (Å²) in [5.41, 5.74) is 6.95. The van der Waals surface area contributed by atoms with Crippen molar-refractivity contribution in [3.05, 3.63) is 46.3 Å². The molecule has 1 rings (SSSR count). The smallest absolute Gasteiger partial charge is 0.0401 e. The van der Waals surface area contributed by atoms with Crippen molar-refractivity contribution in [1.82, 2.24) is 10.6 Å². The van der Waals surface area contributed by atoms with Crippen LogP contribution in [0.2, 0.25) is 0 Å². The molecule has 0 aliphatic rings. The predicted octanol–water partition coefficient (Wildman–Crippen LogP) is 3.43. The minimum Gasteiger partial charge on any atom is -0.393 e. The van der Waals surface area contributed by atoms with Crippen molar-refractivity contribution in [3.63, 3.8) is 0 Å². The Morgan fingerprint density at radius 1 is 1.11 bits per heavy atom. The van der Waals surface area contributed by atoms with Crippen molar-refractivity contribution in [2.75, 3.05) is 7.05 Å². The van der Waals surface area contributed by atoms with E-state index in [1.807, 2.05) is 13.2 Å². The highest BCUT2D eigenvalue weighted by Crippen LogP contribution is 2.18. The first-order valence-electron chi connectivity index (χ1n) is 6.82. The maximum absolute atomic E-state index is 3.49. The second-order valence-electron chi connectivity index (χ2n) is 4.65. The Balaban J connectivity index is 2.80. The quantitative estimate of drug-likeness (QED) is 0.803. The molecule has 2 N–H and O–H groups in total. The van der Waals surface area contributed by atoms with Gasteiger partial charge in [0.25, 0.3) is 0 Å². The lowest BCUT2D eigenvalue weighted by atomic mass is 9.96. The van der Waals surface area contributed by atoms with E-state index in [1.54, 1.807) is 0 Å². The second kappa shape index (κ2) is 7.10. The molecular formula is C16H26N2. The van der Waals surface area contributed by atoms with E-state index in [4.69, 9.17) is 0 Å². The molecule has 0 saturated heterocycles. The number of nitrogens with one attached hydrogen (secondary N) is 2. The predicted molar refractivity (Wildman–Crippen MR) is 79.6 cm³/mol. The lowest BCUT2D eigenvalue weighted by Gasteiger charge is -2.15. The molecule has 0 radical (unpaired) electrons. The average Bonchev–Trinajstić information content (AvgIpc) is 2.39. The minimum absolute atomic E-state index is 0.901. The Kier molecular flexibility index (Phi) is 5.76. The lowest BCUT2D eigenvalue weighted by Crippen LogP contribution is -2.16. The summed E-state index contributed by atoms with van der Waals surface area (Å²) in [6, 6.07) is 4.51. The van der Waals surface area contributed by atoms with Gasteiger partial charge in [0.1, 0.15) is 0 Å². The highest BCUT2D eigenvalue weighted by molar-refractivity contribution is 5.39. The SMILES string of the molecule is CC/C(=C/NC)NCc1ccc(CC)c(C)c1C. The fourth-order valence-corrected chi connectivity index (χ4v) is 2.17. The number of allylic oxidation sites excluding steroid dienone is 1. The molecule has 0 fully saturated rings. The van der Waals surface area contributed by atoms with Gasteiger partial charge in [0.15, 0.2) is 0 Å². The number of hydrogen-bond acceptors (Lipinski definition) is 2. The zero-order chi connectivity index (χ0) is 13.5. The van der Waals surface area contributed by atoms with E-state index in [0.29, 0.717) is 0 Å². The van der Waals surface area contributed by atoms with Gasteiger partial charge in [-0.1, -0.05) is 26.0 Å². The molecule has 0 atom stereocenters. The van der Waals surface area contributed by atoms with E-state index in [1.165, 1.54) is 28.0 Å². The largest absolute Gasteiger partial charge is 0.393 e. The fraction of sp³-hybridized carbons (Fsp3) is 0.500. The molecule has 1 aromatic carbocycles. The number of benzene rings is 1. The molecule has 2 heteroatoms. The molecule has 0 heterocycles. The van der Waals surface area contributed by atoms with Crippen LogP contribution in [-0.2, 0) is 13.0 Å². The van der Waals surface area contributed by atoms with E-state index in [2.05, 4.69) is 50.5 Å². The normalized spacial score (nSPS) is 11.5. The third kappa shape index (κ3) is 3.52. The first-order valence-corrected chi connectivity index (χ1v) is 6.82. The molecule has 18 heavy (non-hydrogen) atoms. The molecule has 0 aromatic heterocycles. The summed E-state index contributed by atoms with van der Waals surface area (Å²) in [4.78, 5) is 0. The van der Waals surface area contributed by atoms with Gasteiger partial charge in [-0.15, -0.1) is 0 Å². The molecule has 0 saturated carbocycles. The molecule has 0 aliphatic carbocycles. The zero-order valence-corrected chi connectivity index (χ0v) is 12.4. The molecule has 0 bridgehead atoms. The summed E-state index contributed by atoms with van der Waals surface area (Å²) < 4.78 is 0. The van der Waals surface area contributed by atoms with E-state index in [-0.39, 0.29) is 0 Å². The molecule has 0 amide bonds. The van der Waals surface area contributed by atoms with Crippen molar-refractivity contribution >= 4 is 0 Å². The van der Waals surface area contributed by atoms with Gasteiger partial charge in [0, 0.05) is 25.5 Å². The van der Waals surface area contributed by atoms with Crippen LogP contribution >= 0.6 is 0 Å². The summed E-state index contributed by atoms with van der Waals surface area (Å²) in [7, 11) is 1.93. The number of aryl methyl sites for hydroxylation is 1. The van der Waals surface area contributed by atoms with E-state index >= 15 is 0 Å². The molecule has 2 nitrogen and oxygen atoms in total. The highest BCUT2D eigenvalue weighted by atomic mass is 14.9. The molecule has 0 unspecified atom stereocenters. The molecule has 0 spiro atoms. The molecule has 1 aromatic rings. The Morgan fingerprint density at radius 2 is 1.72 bits per heavy atom. The van der Waals surface area contributed by atoms with Crippen molar-refractivity contribution < 1.29 is 0 Å². The maximum Gasteiger partial charge on any atom is 0.0401 e. The summed E-state index contributed by atoms with van der Waals surface area (Å²) in [6.45, 7) is 9.72. The van der Waals surface area contributed by atoms with Crippen LogP contribution in [0.25, 0.3) is 0 Å². The van der Waals surface area contributed by atoms with Crippen LogP contribution in [0.4, 0.5) is 0 Å². The standard InChI is InChI=1S/C16H26N2/c1-6-14-8-9-15(13(4)12(14)3)10-18-16(7-2)11-17-5/h8-9,11,17-18H,6-7,10H2,1-5H3/b16-11-. The van der Waals surface area contributed by atoms with Crippen molar-refractivity contribution in [2.24, 2.45) is 0 Å². The Morgan fingerprint density at radius 3 is 2.28 bits per heavy atom. The van der Waals surface area contributed by atoms with Crippen molar-refractivity contribution in [2.45, 2.75) is 47.1 Å². The highest BCUT2D eigenvalue weighted by Gasteiger charge is 2.05. The molecule has 100 valence electrons. The number of rotatable bonds is 6. The first kappa shape index (κ1) is 14.6. The van der Waals surface area contributed by atoms with Crippen LogP contribution in [0, 0.1) is 13.8 Å². The summed E-state index contributed by atoms with van der Waals surface area (Å²) in [5, 5.41) is 6.57. The molecular weight excluding hydrogens is 220 g/mol. The number of hydrogen-bond donors (Lipinski definition) is 2. The summed E-state index contributed by atoms with van der Waals surface area (Å²) >= 11 is 0.